The van der Waals surface area contributed by atoms with Gasteiger partial charge in [-0.2, -0.15) is 0 Å². The molecule has 0 saturated carbocycles. The average Bonchev–Trinajstić information content (AvgIpc) is 4.07. The van der Waals surface area contributed by atoms with Crippen LogP contribution in [0.1, 0.15) is 0 Å². The van der Waals surface area contributed by atoms with Gasteiger partial charge in [0, 0.05) is 55.1 Å². The van der Waals surface area contributed by atoms with Crippen LogP contribution in [0.2, 0.25) is 0 Å². The van der Waals surface area contributed by atoms with E-state index in [4.69, 9.17) is 0 Å². The first kappa shape index (κ1) is 39.0. The molecule has 11 aromatic carbocycles. The third-order valence-corrected chi connectivity index (χ3v) is 14.3. The van der Waals surface area contributed by atoms with Crippen LogP contribution >= 0.6 is 0 Å². The Labute approximate surface area is 400 Å². The number of aromatic nitrogens is 2. The van der Waals surface area contributed by atoms with Crippen LogP contribution in [0, 0.1) is 0 Å². The van der Waals surface area contributed by atoms with Gasteiger partial charge >= 0.3 is 0 Å². The monoisotopic (exact) mass is 877 g/mol. The summed E-state index contributed by atoms with van der Waals surface area (Å²) in [6, 6.07) is 95.3. The average molecular weight is 878 g/mol. The number of fused-ring (bicyclic) bond motifs is 9. The van der Waals surface area contributed by atoms with E-state index in [1.54, 1.807) is 0 Å². The number of hydrogen-bond acceptors (Lipinski definition) is 1. The maximum atomic E-state index is 2.45. The molecule has 3 heteroatoms. The van der Waals surface area contributed by atoms with Crippen LogP contribution in [0.15, 0.2) is 261 Å². The van der Waals surface area contributed by atoms with Gasteiger partial charge in [0.2, 0.25) is 0 Å². The fraction of sp³-hybridized carbons (Fsp3) is 0. The Morgan fingerprint density at radius 1 is 0.246 bits per heavy atom. The highest BCUT2D eigenvalue weighted by Gasteiger charge is 2.20. The Hall–Kier alpha value is -9.18. The van der Waals surface area contributed by atoms with Gasteiger partial charge in [-0.3, -0.25) is 0 Å². The molecule has 0 saturated heterocycles. The summed E-state index contributed by atoms with van der Waals surface area (Å²) in [7, 11) is 0. The van der Waals surface area contributed by atoms with Crippen LogP contribution in [0.5, 0.6) is 0 Å². The number of rotatable bonds is 8. The Bertz CT molecular complexity index is 4220. The zero-order valence-corrected chi connectivity index (χ0v) is 37.7. The van der Waals surface area contributed by atoms with Gasteiger partial charge in [0.1, 0.15) is 0 Å². The fourth-order valence-electron chi connectivity index (χ4n) is 11.1. The lowest BCUT2D eigenvalue weighted by Crippen LogP contribution is -2.10. The quantitative estimate of drug-likeness (QED) is 0.148. The molecule has 3 nitrogen and oxygen atoms in total. The van der Waals surface area contributed by atoms with Crippen molar-refractivity contribution in [3.8, 4) is 50.2 Å². The van der Waals surface area contributed by atoms with E-state index in [-0.39, 0.29) is 0 Å². The zero-order chi connectivity index (χ0) is 45.4. The van der Waals surface area contributed by atoms with Gasteiger partial charge in [-0.1, -0.05) is 176 Å². The molecule has 322 valence electrons. The zero-order valence-electron chi connectivity index (χ0n) is 37.7. The van der Waals surface area contributed by atoms with E-state index in [9.17, 15) is 0 Å². The van der Waals surface area contributed by atoms with Crippen molar-refractivity contribution in [1.29, 1.82) is 0 Å². The van der Waals surface area contributed by atoms with Crippen LogP contribution < -0.4 is 4.90 Å². The van der Waals surface area contributed by atoms with Crippen molar-refractivity contribution >= 4 is 77.0 Å². The minimum absolute atomic E-state index is 1.09. The molecule has 69 heavy (non-hydrogen) atoms. The molecule has 0 aliphatic heterocycles. The van der Waals surface area contributed by atoms with Gasteiger partial charge < -0.3 is 13.9 Å². The van der Waals surface area contributed by atoms with E-state index in [1.807, 2.05) is 0 Å². The smallest absolute Gasteiger partial charge is 0.0620 e. The highest BCUT2D eigenvalue weighted by atomic mass is 15.1. The Morgan fingerprint density at radius 3 is 1.42 bits per heavy atom. The van der Waals surface area contributed by atoms with Gasteiger partial charge in [-0.15, -0.1) is 0 Å². The van der Waals surface area contributed by atoms with Crippen molar-refractivity contribution in [3.05, 3.63) is 261 Å². The predicted octanol–water partition coefficient (Wildman–Crippen LogP) is 18.1. The lowest BCUT2D eigenvalue weighted by Gasteiger charge is -2.26. The topological polar surface area (TPSA) is 12.6 Å². The Kier molecular flexibility index (Phi) is 8.90. The Balaban J connectivity index is 0.875. The molecule has 0 atom stereocenters. The second-order valence-electron chi connectivity index (χ2n) is 18.1. The second-order valence-corrected chi connectivity index (χ2v) is 18.1. The lowest BCUT2D eigenvalue weighted by atomic mass is 9.92. The molecule has 3 aromatic heterocycles. The summed E-state index contributed by atoms with van der Waals surface area (Å²) in [5, 5.41) is 7.61. The molecule has 0 radical (unpaired) electrons. The molecule has 0 aliphatic carbocycles. The van der Waals surface area contributed by atoms with Crippen LogP contribution in [-0.4, -0.2) is 8.97 Å². The molecule has 0 spiro atoms. The maximum Gasteiger partial charge on any atom is 0.0620 e. The molecule has 3 heterocycles. The molecule has 0 aliphatic rings. The van der Waals surface area contributed by atoms with Crippen molar-refractivity contribution in [2.45, 2.75) is 0 Å². The first-order valence-corrected chi connectivity index (χ1v) is 23.8. The van der Waals surface area contributed by atoms with E-state index in [2.05, 4.69) is 275 Å². The number of nitrogens with zero attached hydrogens (tertiary/aromatic N) is 3. The van der Waals surface area contributed by atoms with Gasteiger partial charge in [-0.05, 0) is 129 Å². The molecule has 0 N–H and O–H groups in total. The van der Waals surface area contributed by atoms with Gasteiger partial charge in [0.15, 0.2) is 0 Å². The number of hydrogen-bond donors (Lipinski definition) is 0. The van der Waals surface area contributed by atoms with Crippen LogP contribution in [0.4, 0.5) is 17.1 Å². The molecule has 0 fully saturated rings. The maximum absolute atomic E-state index is 2.45. The van der Waals surface area contributed by atoms with Crippen molar-refractivity contribution < 1.29 is 0 Å². The number of para-hydroxylation sites is 4. The van der Waals surface area contributed by atoms with E-state index in [1.165, 1.54) is 104 Å². The molecule has 0 bridgehead atoms. The summed E-state index contributed by atoms with van der Waals surface area (Å²) in [4.78, 5) is 2.40. The fourth-order valence-corrected chi connectivity index (χ4v) is 11.1. The van der Waals surface area contributed by atoms with Gasteiger partial charge in [-0.25, -0.2) is 0 Å². The third kappa shape index (κ3) is 6.29. The lowest BCUT2D eigenvalue weighted by molar-refractivity contribution is 1.18. The minimum atomic E-state index is 1.09. The largest absolute Gasteiger partial charge is 0.310 e. The van der Waals surface area contributed by atoms with Gasteiger partial charge in [0.25, 0.3) is 0 Å². The summed E-state index contributed by atoms with van der Waals surface area (Å²) in [6.07, 6.45) is 0. The Morgan fingerprint density at radius 2 is 0.696 bits per heavy atom. The van der Waals surface area contributed by atoms with E-state index in [0.29, 0.717) is 0 Å². The standard InChI is InChI=1S/C66H43N3/c1-3-15-46(16-4-1)54-21-7-8-22-55(54)49-18-13-17-47(41-49)44-29-34-51(35-30-44)67(53-38-40-64-61(43-53)57-24-10-11-27-62(57)68(64)50-19-5-2-6-20-50)52-36-31-45(32-37-52)48-33-39-65-60(42-48)59-26-14-25-58-56-23-9-12-28-63(56)69(65)66(58)59/h1-43H. The van der Waals surface area contributed by atoms with Crippen molar-refractivity contribution in [2.24, 2.45) is 0 Å². The number of anilines is 3. The van der Waals surface area contributed by atoms with E-state index >= 15 is 0 Å². The number of benzene rings is 11. The van der Waals surface area contributed by atoms with E-state index in [0.717, 1.165) is 22.7 Å². The molecule has 14 aromatic rings. The molecule has 0 amide bonds. The summed E-state index contributed by atoms with van der Waals surface area (Å²) < 4.78 is 4.83. The molecule has 0 unspecified atom stereocenters. The van der Waals surface area contributed by atoms with Crippen molar-refractivity contribution in [3.63, 3.8) is 0 Å². The summed E-state index contributed by atoms with van der Waals surface area (Å²) >= 11 is 0. The third-order valence-electron chi connectivity index (χ3n) is 14.3. The van der Waals surface area contributed by atoms with Crippen LogP contribution in [0.25, 0.3) is 110 Å². The molecular weight excluding hydrogens is 835 g/mol. The first-order chi connectivity index (χ1) is 34.2. The van der Waals surface area contributed by atoms with Crippen LogP contribution in [0.3, 0.4) is 0 Å². The first-order valence-electron chi connectivity index (χ1n) is 23.8. The van der Waals surface area contributed by atoms with Crippen LogP contribution in [-0.2, 0) is 0 Å². The highest BCUT2D eigenvalue weighted by molar-refractivity contribution is 6.23. The molecule has 14 rings (SSSR count). The summed E-state index contributed by atoms with van der Waals surface area (Å²) in [6.45, 7) is 0. The minimum Gasteiger partial charge on any atom is -0.310 e. The summed E-state index contributed by atoms with van der Waals surface area (Å²) in [5.41, 5.74) is 20.2. The van der Waals surface area contributed by atoms with Crippen molar-refractivity contribution in [1.82, 2.24) is 8.97 Å². The highest BCUT2D eigenvalue weighted by Crippen LogP contribution is 2.43. The second kappa shape index (κ2) is 15.7. The predicted molar refractivity (Wildman–Crippen MR) is 292 cm³/mol. The normalized spacial score (nSPS) is 11.8. The molecular formula is C66H43N3. The van der Waals surface area contributed by atoms with Crippen molar-refractivity contribution in [2.75, 3.05) is 4.90 Å². The summed E-state index contributed by atoms with van der Waals surface area (Å²) in [5.74, 6) is 0. The SMILES string of the molecule is c1ccc(-c2ccccc2-c2cccc(-c3ccc(N(c4ccc(-c5ccc6c(c5)c5cccc7c8ccccc8n6c75)cc4)c4ccc5c(c4)c4ccccc4n5-c4ccccc4)cc3)c2)cc1. The van der Waals surface area contributed by atoms with Gasteiger partial charge in [0.05, 0.1) is 27.6 Å². The van der Waals surface area contributed by atoms with E-state index < -0.39 is 0 Å².